The van der Waals surface area contributed by atoms with Gasteiger partial charge in [-0.2, -0.15) is 4.98 Å². The molecule has 1 atom stereocenters. The maximum atomic E-state index is 13.1. The molecule has 3 heterocycles. The van der Waals surface area contributed by atoms with Crippen molar-refractivity contribution in [3.05, 3.63) is 60.0 Å². The molecule has 1 unspecified atom stereocenters. The third kappa shape index (κ3) is 2.78. The summed E-state index contributed by atoms with van der Waals surface area (Å²) < 4.78 is 15.9. The molecule has 9 heteroatoms. The number of fused-ring (bicyclic) bond motifs is 1. The highest BCUT2D eigenvalue weighted by molar-refractivity contribution is 6.07. The van der Waals surface area contributed by atoms with Crippen LogP contribution in [0.25, 0.3) is 11.4 Å². The Morgan fingerprint density at radius 1 is 1.10 bits per heavy atom. The molecule has 3 amide bonds. The van der Waals surface area contributed by atoms with Crippen LogP contribution in [0, 0.1) is 0 Å². The number of ether oxygens (including phenoxy) is 2. The molecular formula is C20H16N4O5. The van der Waals surface area contributed by atoms with Crippen molar-refractivity contribution in [3.63, 3.8) is 0 Å². The second kappa shape index (κ2) is 6.33. The number of hydrogen-bond donors (Lipinski definition) is 1. The number of nitrogens with zero attached hydrogens (tertiary/aromatic N) is 3. The maximum Gasteiger partial charge on any atom is 0.325 e. The lowest BCUT2D eigenvalue weighted by Crippen LogP contribution is -2.40. The summed E-state index contributed by atoms with van der Waals surface area (Å²) in [6.07, 6.45) is 0. The summed E-state index contributed by atoms with van der Waals surface area (Å²) in [6.45, 7) is 1.65. The minimum absolute atomic E-state index is 0.120. The van der Waals surface area contributed by atoms with Gasteiger partial charge in [-0.05, 0) is 24.6 Å². The predicted octanol–water partition coefficient (Wildman–Crippen LogP) is 2.43. The number of nitrogens with one attached hydrogen (secondary N) is 1. The normalized spacial score (nSPS) is 20.2. The monoisotopic (exact) mass is 392 g/mol. The third-order valence-electron chi connectivity index (χ3n) is 5.02. The van der Waals surface area contributed by atoms with Crippen molar-refractivity contribution in [3.8, 4) is 22.9 Å². The molecule has 0 aliphatic carbocycles. The summed E-state index contributed by atoms with van der Waals surface area (Å²) in [4.78, 5) is 31.0. The molecule has 9 nitrogen and oxygen atoms in total. The Labute approximate surface area is 165 Å². The lowest BCUT2D eigenvalue weighted by atomic mass is 9.91. The zero-order valence-electron chi connectivity index (χ0n) is 15.4. The fraction of sp³-hybridized carbons (Fsp3) is 0.200. The van der Waals surface area contributed by atoms with Crippen molar-refractivity contribution < 1.29 is 23.6 Å². The topological polar surface area (TPSA) is 107 Å². The number of hydrogen-bond acceptors (Lipinski definition) is 7. The van der Waals surface area contributed by atoms with E-state index in [0.717, 1.165) is 10.5 Å². The molecule has 2 aliphatic heterocycles. The average Bonchev–Trinajstić information content (AvgIpc) is 3.44. The highest BCUT2D eigenvalue weighted by Gasteiger charge is 2.49. The van der Waals surface area contributed by atoms with Gasteiger partial charge in [-0.25, -0.2) is 4.79 Å². The van der Waals surface area contributed by atoms with Crippen LogP contribution in [0.2, 0.25) is 0 Å². The van der Waals surface area contributed by atoms with Crippen LogP contribution in [-0.4, -0.2) is 33.8 Å². The van der Waals surface area contributed by atoms with Gasteiger partial charge in [0.25, 0.3) is 5.91 Å². The second-order valence-electron chi connectivity index (χ2n) is 6.89. The molecule has 5 rings (SSSR count). The van der Waals surface area contributed by atoms with Crippen LogP contribution in [0.3, 0.4) is 0 Å². The summed E-state index contributed by atoms with van der Waals surface area (Å²) in [7, 11) is 0. The molecule has 1 N–H and O–H groups in total. The first-order valence-electron chi connectivity index (χ1n) is 8.97. The van der Waals surface area contributed by atoms with Gasteiger partial charge in [-0.15, -0.1) is 0 Å². The van der Waals surface area contributed by atoms with Gasteiger partial charge in [0, 0.05) is 5.56 Å². The quantitative estimate of drug-likeness (QED) is 0.680. The van der Waals surface area contributed by atoms with Crippen molar-refractivity contribution in [1.82, 2.24) is 20.4 Å². The van der Waals surface area contributed by atoms with Crippen LogP contribution in [-0.2, 0) is 16.9 Å². The zero-order valence-corrected chi connectivity index (χ0v) is 15.4. The van der Waals surface area contributed by atoms with E-state index in [1.165, 1.54) is 0 Å². The number of aromatic nitrogens is 2. The van der Waals surface area contributed by atoms with Crippen LogP contribution >= 0.6 is 0 Å². The van der Waals surface area contributed by atoms with Crippen molar-refractivity contribution in [2.45, 2.75) is 19.0 Å². The van der Waals surface area contributed by atoms with Crippen LogP contribution < -0.4 is 14.8 Å². The molecule has 3 aromatic rings. The number of amides is 3. The fourth-order valence-corrected chi connectivity index (χ4v) is 3.40. The molecule has 29 heavy (non-hydrogen) atoms. The third-order valence-corrected chi connectivity index (χ3v) is 5.02. The van der Waals surface area contributed by atoms with Gasteiger partial charge >= 0.3 is 6.03 Å². The van der Waals surface area contributed by atoms with Crippen molar-refractivity contribution in [2.24, 2.45) is 0 Å². The van der Waals surface area contributed by atoms with Crippen LogP contribution in [0.1, 0.15) is 18.4 Å². The smallest absolute Gasteiger partial charge is 0.325 e. The Morgan fingerprint density at radius 3 is 2.72 bits per heavy atom. The van der Waals surface area contributed by atoms with E-state index in [-0.39, 0.29) is 19.2 Å². The summed E-state index contributed by atoms with van der Waals surface area (Å²) >= 11 is 0. The van der Waals surface area contributed by atoms with Gasteiger partial charge in [0.2, 0.25) is 18.5 Å². The van der Waals surface area contributed by atoms with Gasteiger partial charge < -0.3 is 19.3 Å². The molecule has 146 valence electrons. The minimum Gasteiger partial charge on any atom is -0.454 e. The summed E-state index contributed by atoms with van der Waals surface area (Å²) in [5, 5.41) is 6.67. The van der Waals surface area contributed by atoms with Crippen LogP contribution in [0.4, 0.5) is 4.79 Å². The molecular weight excluding hydrogens is 376 g/mol. The Morgan fingerprint density at radius 2 is 1.90 bits per heavy atom. The highest BCUT2D eigenvalue weighted by atomic mass is 16.7. The number of carbonyl (C=O) groups excluding carboxylic acids is 2. The Kier molecular flexibility index (Phi) is 3.76. The van der Waals surface area contributed by atoms with Crippen molar-refractivity contribution in [2.75, 3.05) is 6.79 Å². The lowest BCUT2D eigenvalue weighted by Gasteiger charge is -2.22. The number of carbonyl (C=O) groups is 2. The molecule has 1 aromatic heterocycles. The van der Waals surface area contributed by atoms with Gasteiger partial charge in [0.05, 0.1) is 0 Å². The van der Waals surface area contributed by atoms with E-state index in [2.05, 4.69) is 15.5 Å². The van der Waals surface area contributed by atoms with Gasteiger partial charge in [-0.3, -0.25) is 9.69 Å². The predicted molar refractivity (Wildman–Crippen MR) is 98.7 cm³/mol. The molecule has 0 radical (unpaired) electrons. The van der Waals surface area contributed by atoms with E-state index in [1.807, 2.05) is 30.3 Å². The first kappa shape index (κ1) is 17.2. The number of benzene rings is 2. The Balaban J connectivity index is 1.39. The van der Waals surface area contributed by atoms with E-state index < -0.39 is 17.5 Å². The van der Waals surface area contributed by atoms with Crippen LogP contribution in [0.5, 0.6) is 11.5 Å². The summed E-state index contributed by atoms with van der Waals surface area (Å²) in [5.41, 5.74) is 0.142. The average molecular weight is 392 g/mol. The summed E-state index contributed by atoms with van der Waals surface area (Å²) in [5.74, 6) is 1.29. The van der Waals surface area contributed by atoms with Crippen molar-refractivity contribution in [1.29, 1.82) is 0 Å². The highest BCUT2D eigenvalue weighted by Crippen LogP contribution is 2.38. The summed E-state index contributed by atoms with van der Waals surface area (Å²) in [6, 6.07) is 13.9. The molecule has 0 spiro atoms. The molecule has 1 saturated heterocycles. The van der Waals surface area contributed by atoms with Gasteiger partial charge in [-0.1, -0.05) is 41.6 Å². The Bertz CT molecular complexity index is 1110. The van der Waals surface area contributed by atoms with Crippen LogP contribution in [0.15, 0.2) is 53.1 Å². The fourth-order valence-electron chi connectivity index (χ4n) is 3.40. The Hall–Kier alpha value is -3.88. The molecule has 2 aromatic carbocycles. The molecule has 0 saturated carbocycles. The molecule has 2 aliphatic rings. The standard InChI is InChI=1S/C20H16N4O5/c1-20(13-7-8-14-15(9-13)28-11-27-14)18(25)24(19(26)22-20)10-16-21-17(23-29-16)12-5-3-2-4-6-12/h2-9H,10-11H2,1H3,(H,22,26). The number of imide groups is 1. The van der Waals surface area contributed by atoms with Crippen molar-refractivity contribution >= 4 is 11.9 Å². The van der Waals surface area contributed by atoms with Gasteiger partial charge in [0.1, 0.15) is 12.1 Å². The van der Waals surface area contributed by atoms with E-state index in [4.69, 9.17) is 14.0 Å². The molecule has 1 fully saturated rings. The lowest BCUT2D eigenvalue weighted by molar-refractivity contribution is -0.131. The number of rotatable bonds is 4. The number of urea groups is 1. The second-order valence-corrected chi connectivity index (χ2v) is 6.89. The first-order chi connectivity index (χ1) is 14.0. The van der Waals surface area contributed by atoms with E-state index in [0.29, 0.717) is 22.9 Å². The SMILES string of the molecule is CC1(c2ccc3c(c2)OCO3)NC(=O)N(Cc2nc(-c3ccccc3)no2)C1=O. The first-order valence-corrected chi connectivity index (χ1v) is 8.97. The molecule has 0 bridgehead atoms. The zero-order chi connectivity index (χ0) is 20.0. The van der Waals surface area contributed by atoms with Gasteiger partial charge in [0.15, 0.2) is 11.5 Å². The van der Waals surface area contributed by atoms with E-state index in [9.17, 15) is 9.59 Å². The largest absolute Gasteiger partial charge is 0.454 e. The van der Waals surface area contributed by atoms with E-state index >= 15 is 0 Å². The minimum atomic E-state index is -1.24. The van der Waals surface area contributed by atoms with E-state index in [1.54, 1.807) is 25.1 Å². The maximum absolute atomic E-state index is 13.1.